The number of fused-ring (bicyclic) bond motifs is 1. The Labute approximate surface area is 143 Å². The van der Waals surface area contributed by atoms with Gasteiger partial charge in [0.05, 0.1) is 16.6 Å². The number of nitrogens with zero attached hydrogens (tertiary/aromatic N) is 1. The SMILES string of the molecule is CCCNC(=O)[C@@H](C)OC(=O)/C=C\c1cc2c(cc1[N+](=O)[O-])OCO2. The van der Waals surface area contributed by atoms with E-state index in [2.05, 4.69) is 5.32 Å². The van der Waals surface area contributed by atoms with E-state index in [9.17, 15) is 19.7 Å². The van der Waals surface area contributed by atoms with E-state index in [-0.39, 0.29) is 23.8 Å². The Hall–Kier alpha value is -3.10. The van der Waals surface area contributed by atoms with Crippen LogP contribution in [-0.2, 0) is 14.3 Å². The minimum atomic E-state index is -0.963. The molecule has 0 aromatic heterocycles. The topological polar surface area (TPSA) is 117 Å². The highest BCUT2D eigenvalue weighted by molar-refractivity contribution is 5.91. The van der Waals surface area contributed by atoms with Crippen LogP contribution in [0.2, 0.25) is 0 Å². The molecule has 0 aliphatic carbocycles. The van der Waals surface area contributed by atoms with Gasteiger partial charge >= 0.3 is 5.97 Å². The molecule has 0 spiro atoms. The third-order valence-electron chi connectivity index (χ3n) is 3.33. The van der Waals surface area contributed by atoms with Gasteiger partial charge in [-0.3, -0.25) is 14.9 Å². The summed E-state index contributed by atoms with van der Waals surface area (Å²) in [6, 6.07) is 2.63. The summed E-state index contributed by atoms with van der Waals surface area (Å²) < 4.78 is 15.2. The summed E-state index contributed by atoms with van der Waals surface area (Å²) in [5.74, 6) is -0.567. The number of rotatable bonds is 7. The quantitative estimate of drug-likeness (QED) is 0.345. The molecule has 1 amide bonds. The monoisotopic (exact) mass is 350 g/mol. The summed E-state index contributed by atoms with van der Waals surface area (Å²) in [5.41, 5.74) is -0.0728. The van der Waals surface area contributed by atoms with E-state index in [4.69, 9.17) is 14.2 Å². The Morgan fingerprint density at radius 1 is 1.40 bits per heavy atom. The molecule has 9 heteroatoms. The van der Waals surface area contributed by atoms with Crippen molar-refractivity contribution >= 4 is 23.6 Å². The lowest BCUT2D eigenvalue weighted by atomic mass is 10.1. The molecule has 2 rings (SSSR count). The second-order valence-corrected chi connectivity index (χ2v) is 5.22. The van der Waals surface area contributed by atoms with Crippen LogP contribution in [0.15, 0.2) is 18.2 Å². The van der Waals surface area contributed by atoms with E-state index in [0.717, 1.165) is 12.5 Å². The molecule has 134 valence electrons. The predicted molar refractivity (Wildman–Crippen MR) is 87.1 cm³/mol. The van der Waals surface area contributed by atoms with Gasteiger partial charge in [-0.15, -0.1) is 0 Å². The second-order valence-electron chi connectivity index (χ2n) is 5.22. The predicted octanol–water partition coefficient (Wildman–Crippen LogP) is 1.79. The van der Waals surface area contributed by atoms with Crippen LogP contribution in [-0.4, -0.2) is 36.2 Å². The number of amides is 1. The second kappa shape index (κ2) is 8.13. The number of esters is 1. The Morgan fingerprint density at radius 2 is 2.08 bits per heavy atom. The molecule has 1 aliphatic heterocycles. The van der Waals surface area contributed by atoms with Crippen molar-refractivity contribution in [3.8, 4) is 11.5 Å². The number of carbonyl (C=O) groups excluding carboxylic acids is 2. The maximum absolute atomic E-state index is 11.8. The number of carbonyl (C=O) groups is 2. The maximum Gasteiger partial charge on any atom is 0.331 e. The van der Waals surface area contributed by atoms with Gasteiger partial charge in [-0.1, -0.05) is 6.92 Å². The van der Waals surface area contributed by atoms with Crippen molar-refractivity contribution in [2.24, 2.45) is 0 Å². The van der Waals surface area contributed by atoms with E-state index in [1.54, 1.807) is 0 Å². The Balaban J connectivity index is 2.07. The molecular weight excluding hydrogens is 332 g/mol. The fourth-order valence-corrected chi connectivity index (χ4v) is 2.06. The fourth-order valence-electron chi connectivity index (χ4n) is 2.06. The highest BCUT2D eigenvalue weighted by atomic mass is 16.7. The molecular formula is C16H18N2O7. The molecule has 0 unspecified atom stereocenters. The smallest absolute Gasteiger partial charge is 0.331 e. The van der Waals surface area contributed by atoms with Crippen LogP contribution in [0.5, 0.6) is 11.5 Å². The van der Waals surface area contributed by atoms with Gasteiger partial charge in [0.15, 0.2) is 17.6 Å². The van der Waals surface area contributed by atoms with Crippen molar-refractivity contribution in [1.29, 1.82) is 0 Å². The minimum Gasteiger partial charge on any atom is -0.454 e. The highest BCUT2D eigenvalue weighted by Crippen LogP contribution is 2.38. The van der Waals surface area contributed by atoms with Crippen LogP contribution in [0.25, 0.3) is 6.08 Å². The number of benzene rings is 1. The molecule has 25 heavy (non-hydrogen) atoms. The van der Waals surface area contributed by atoms with Gasteiger partial charge < -0.3 is 19.5 Å². The highest BCUT2D eigenvalue weighted by Gasteiger charge is 2.22. The van der Waals surface area contributed by atoms with Crippen molar-refractivity contribution in [3.63, 3.8) is 0 Å². The minimum absolute atomic E-state index is 0.0217. The van der Waals surface area contributed by atoms with Gasteiger partial charge in [0, 0.05) is 12.6 Å². The zero-order valence-electron chi connectivity index (χ0n) is 13.8. The van der Waals surface area contributed by atoms with Crippen LogP contribution in [0.1, 0.15) is 25.8 Å². The average molecular weight is 350 g/mol. The van der Waals surface area contributed by atoms with Gasteiger partial charge in [-0.05, 0) is 25.5 Å². The van der Waals surface area contributed by atoms with Crippen LogP contribution in [0, 0.1) is 10.1 Å². The number of nitrogens with one attached hydrogen (secondary N) is 1. The largest absolute Gasteiger partial charge is 0.454 e. The standard InChI is InChI=1S/C16H18N2O7/c1-3-6-17-16(20)10(2)25-15(19)5-4-11-7-13-14(24-9-23-13)8-12(11)18(21)22/h4-5,7-8,10H,3,6,9H2,1-2H3,(H,17,20)/b5-4-/t10-/m1/s1. The molecule has 1 heterocycles. The van der Waals surface area contributed by atoms with Gasteiger partial charge in [-0.2, -0.15) is 0 Å². The lowest BCUT2D eigenvalue weighted by Crippen LogP contribution is -2.35. The molecule has 0 saturated carbocycles. The van der Waals surface area contributed by atoms with Crippen LogP contribution < -0.4 is 14.8 Å². The van der Waals surface area contributed by atoms with Crippen LogP contribution >= 0.6 is 0 Å². The van der Waals surface area contributed by atoms with Crippen molar-refractivity contribution in [2.75, 3.05) is 13.3 Å². The first-order chi connectivity index (χ1) is 11.9. The fraction of sp³-hybridized carbons (Fsp3) is 0.375. The van der Waals surface area contributed by atoms with Crippen molar-refractivity contribution < 1.29 is 28.7 Å². The van der Waals surface area contributed by atoms with Gasteiger partial charge in [0.2, 0.25) is 6.79 Å². The number of nitro benzene ring substituents is 1. The van der Waals surface area contributed by atoms with Crippen molar-refractivity contribution in [1.82, 2.24) is 5.32 Å². The molecule has 0 bridgehead atoms. The number of ether oxygens (including phenoxy) is 3. The molecule has 1 N–H and O–H groups in total. The molecule has 1 aromatic rings. The molecule has 1 aliphatic rings. The van der Waals surface area contributed by atoms with Crippen molar-refractivity contribution in [2.45, 2.75) is 26.4 Å². The Bertz CT molecular complexity index is 715. The molecule has 0 saturated heterocycles. The number of hydrogen-bond donors (Lipinski definition) is 1. The maximum atomic E-state index is 11.8. The number of nitro groups is 1. The third kappa shape index (κ3) is 4.69. The van der Waals surface area contributed by atoms with E-state index >= 15 is 0 Å². The lowest BCUT2D eigenvalue weighted by Gasteiger charge is -2.11. The molecule has 1 aromatic carbocycles. The average Bonchev–Trinajstić information content (AvgIpc) is 3.04. The first-order valence-corrected chi connectivity index (χ1v) is 7.66. The first kappa shape index (κ1) is 18.2. The zero-order chi connectivity index (χ0) is 18.4. The first-order valence-electron chi connectivity index (χ1n) is 7.66. The Kier molecular flexibility index (Phi) is 5.93. The summed E-state index contributed by atoms with van der Waals surface area (Å²) in [6.45, 7) is 3.81. The van der Waals surface area contributed by atoms with Gasteiger partial charge in [-0.25, -0.2) is 4.79 Å². The molecule has 0 fully saturated rings. The normalized spacial score (nSPS) is 13.5. The van der Waals surface area contributed by atoms with Crippen LogP contribution in [0.3, 0.4) is 0 Å². The summed E-state index contributed by atoms with van der Waals surface area (Å²) >= 11 is 0. The summed E-state index contributed by atoms with van der Waals surface area (Å²) in [4.78, 5) is 34.0. The third-order valence-corrected chi connectivity index (χ3v) is 3.33. The van der Waals surface area contributed by atoms with Gasteiger partial charge in [0.1, 0.15) is 0 Å². The van der Waals surface area contributed by atoms with Gasteiger partial charge in [0.25, 0.3) is 11.6 Å². The molecule has 1 atom stereocenters. The lowest BCUT2D eigenvalue weighted by molar-refractivity contribution is -0.385. The van der Waals surface area contributed by atoms with E-state index in [0.29, 0.717) is 12.3 Å². The summed E-state index contributed by atoms with van der Waals surface area (Å²) in [5, 5.41) is 13.7. The zero-order valence-corrected chi connectivity index (χ0v) is 13.8. The Morgan fingerprint density at radius 3 is 2.72 bits per heavy atom. The van der Waals surface area contributed by atoms with E-state index in [1.807, 2.05) is 6.92 Å². The summed E-state index contributed by atoms with van der Waals surface area (Å²) in [7, 11) is 0. The van der Waals surface area contributed by atoms with E-state index < -0.39 is 22.9 Å². The number of hydrogen-bond acceptors (Lipinski definition) is 7. The molecule has 0 radical (unpaired) electrons. The molecule has 9 nitrogen and oxygen atoms in total. The van der Waals surface area contributed by atoms with Crippen molar-refractivity contribution in [3.05, 3.63) is 33.9 Å². The summed E-state index contributed by atoms with van der Waals surface area (Å²) in [6.07, 6.45) is 2.06. The van der Waals surface area contributed by atoms with Crippen LogP contribution in [0.4, 0.5) is 5.69 Å². The van der Waals surface area contributed by atoms with E-state index in [1.165, 1.54) is 25.1 Å².